The lowest BCUT2D eigenvalue weighted by molar-refractivity contribution is -0.384. The Hall–Kier alpha value is -3.24. The number of carbonyl (C=O) groups excluding carboxylic acids is 2. The van der Waals surface area contributed by atoms with E-state index < -0.39 is 22.7 Å². The van der Waals surface area contributed by atoms with Gasteiger partial charge < -0.3 is 14.8 Å². The molecule has 1 aromatic rings. The summed E-state index contributed by atoms with van der Waals surface area (Å²) < 4.78 is 10.1. The number of non-ortho nitro benzene ring substituents is 1. The SMILES string of the molecule is CCOCCONC(=O)C1=C(C)NC(C)=C(C(=O)OC)C1c1cccc([N+](=O)[O-])c1. The van der Waals surface area contributed by atoms with Crippen LogP contribution >= 0.6 is 0 Å². The summed E-state index contributed by atoms with van der Waals surface area (Å²) in [5.41, 5.74) is 3.95. The Morgan fingerprint density at radius 3 is 2.53 bits per heavy atom. The third-order valence-corrected chi connectivity index (χ3v) is 4.52. The van der Waals surface area contributed by atoms with Crippen molar-refractivity contribution in [2.45, 2.75) is 26.7 Å². The van der Waals surface area contributed by atoms with E-state index >= 15 is 0 Å². The van der Waals surface area contributed by atoms with E-state index in [0.29, 0.717) is 30.2 Å². The minimum atomic E-state index is -0.880. The Bertz CT molecular complexity index is 892. The van der Waals surface area contributed by atoms with Crippen molar-refractivity contribution in [2.24, 2.45) is 0 Å². The maximum Gasteiger partial charge on any atom is 0.336 e. The van der Waals surface area contributed by atoms with E-state index in [2.05, 4.69) is 10.8 Å². The molecule has 1 atom stereocenters. The molecule has 1 heterocycles. The van der Waals surface area contributed by atoms with Crippen LogP contribution in [0.2, 0.25) is 0 Å². The molecular weight excluding hydrogens is 394 g/mol. The van der Waals surface area contributed by atoms with Gasteiger partial charge in [-0.05, 0) is 26.3 Å². The molecule has 2 N–H and O–H groups in total. The summed E-state index contributed by atoms with van der Waals surface area (Å²) in [6, 6.07) is 5.80. The minimum Gasteiger partial charge on any atom is -0.466 e. The normalized spacial score (nSPS) is 16.2. The number of rotatable bonds is 9. The quantitative estimate of drug-likeness (QED) is 0.269. The number of carbonyl (C=O) groups is 2. The molecule has 2 rings (SSSR count). The van der Waals surface area contributed by atoms with Crippen molar-refractivity contribution in [3.63, 3.8) is 0 Å². The van der Waals surface area contributed by atoms with Gasteiger partial charge >= 0.3 is 5.97 Å². The molecule has 1 aliphatic heterocycles. The number of allylic oxidation sites excluding steroid dienone is 2. The third kappa shape index (κ3) is 5.22. The van der Waals surface area contributed by atoms with Crippen molar-refractivity contribution in [3.8, 4) is 0 Å². The number of ether oxygens (including phenoxy) is 2. The Balaban J connectivity index is 2.46. The molecule has 1 aromatic carbocycles. The van der Waals surface area contributed by atoms with Crippen molar-refractivity contribution in [1.29, 1.82) is 0 Å². The van der Waals surface area contributed by atoms with Crippen LogP contribution in [-0.2, 0) is 23.9 Å². The minimum absolute atomic E-state index is 0.138. The maximum absolute atomic E-state index is 12.9. The van der Waals surface area contributed by atoms with Crippen molar-refractivity contribution in [3.05, 3.63) is 62.5 Å². The zero-order valence-corrected chi connectivity index (χ0v) is 17.3. The van der Waals surface area contributed by atoms with Crippen molar-refractivity contribution in [1.82, 2.24) is 10.8 Å². The highest BCUT2D eigenvalue weighted by molar-refractivity contribution is 6.01. The van der Waals surface area contributed by atoms with Crippen molar-refractivity contribution < 1.29 is 28.8 Å². The molecule has 0 radical (unpaired) electrons. The first-order chi connectivity index (χ1) is 14.3. The van der Waals surface area contributed by atoms with Crippen LogP contribution in [0, 0.1) is 10.1 Å². The highest BCUT2D eigenvalue weighted by atomic mass is 16.7. The molecule has 0 saturated heterocycles. The number of nitrogens with one attached hydrogen (secondary N) is 2. The number of nitro groups is 1. The third-order valence-electron chi connectivity index (χ3n) is 4.52. The van der Waals surface area contributed by atoms with Gasteiger partial charge in [-0.25, -0.2) is 10.3 Å². The predicted molar refractivity (Wildman–Crippen MR) is 107 cm³/mol. The van der Waals surface area contributed by atoms with Gasteiger partial charge in [-0.3, -0.25) is 19.7 Å². The Kier molecular flexibility index (Phi) is 8.07. The van der Waals surface area contributed by atoms with E-state index in [4.69, 9.17) is 14.3 Å². The van der Waals surface area contributed by atoms with E-state index in [9.17, 15) is 19.7 Å². The van der Waals surface area contributed by atoms with Gasteiger partial charge in [-0.2, -0.15) is 0 Å². The van der Waals surface area contributed by atoms with Gasteiger partial charge in [0.2, 0.25) is 0 Å². The molecule has 1 amide bonds. The van der Waals surface area contributed by atoms with Crippen LogP contribution < -0.4 is 10.8 Å². The van der Waals surface area contributed by atoms with E-state index in [1.807, 2.05) is 6.92 Å². The number of nitrogens with zero attached hydrogens (tertiary/aromatic N) is 1. The second-order valence-electron chi connectivity index (χ2n) is 6.46. The van der Waals surface area contributed by atoms with Crippen LogP contribution in [0.1, 0.15) is 32.3 Å². The lowest BCUT2D eigenvalue weighted by atomic mass is 9.80. The predicted octanol–water partition coefficient (Wildman–Crippen LogP) is 2.09. The molecule has 0 aliphatic carbocycles. The van der Waals surface area contributed by atoms with Gasteiger partial charge in [0.15, 0.2) is 0 Å². The van der Waals surface area contributed by atoms with Gasteiger partial charge in [-0.15, -0.1) is 0 Å². The van der Waals surface area contributed by atoms with Gasteiger partial charge in [-0.1, -0.05) is 12.1 Å². The summed E-state index contributed by atoms with van der Waals surface area (Å²) >= 11 is 0. The monoisotopic (exact) mass is 419 g/mol. The molecule has 1 unspecified atom stereocenters. The van der Waals surface area contributed by atoms with Gasteiger partial charge in [0.05, 0.1) is 42.3 Å². The summed E-state index contributed by atoms with van der Waals surface area (Å²) in [5, 5.41) is 14.3. The van der Waals surface area contributed by atoms with E-state index in [0.717, 1.165) is 0 Å². The number of hydrogen-bond acceptors (Lipinski definition) is 8. The fourth-order valence-corrected chi connectivity index (χ4v) is 3.24. The average molecular weight is 419 g/mol. The molecule has 0 saturated carbocycles. The average Bonchev–Trinajstić information content (AvgIpc) is 2.72. The molecule has 10 heteroatoms. The molecule has 0 bridgehead atoms. The van der Waals surface area contributed by atoms with Crippen LogP contribution in [0.4, 0.5) is 5.69 Å². The van der Waals surface area contributed by atoms with Crippen molar-refractivity contribution >= 4 is 17.6 Å². The summed E-state index contributed by atoms with van der Waals surface area (Å²) in [7, 11) is 1.23. The van der Waals surface area contributed by atoms with Crippen LogP contribution in [0.25, 0.3) is 0 Å². The van der Waals surface area contributed by atoms with E-state index in [1.54, 1.807) is 19.9 Å². The summed E-state index contributed by atoms with van der Waals surface area (Å²) in [6.07, 6.45) is 0. The zero-order chi connectivity index (χ0) is 22.3. The Morgan fingerprint density at radius 2 is 1.90 bits per heavy atom. The highest BCUT2D eigenvalue weighted by Crippen LogP contribution is 2.39. The number of hydrogen-bond donors (Lipinski definition) is 2. The number of nitro benzene ring substituents is 1. The molecule has 0 fully saturated rings. The molecule has 162 valence electrons. The van der Waals surface area contributed by atoms with Crippen LogP contribution in [-0.4, -0.2) is 43.7 Å². The Labute approximate surface area is 174 Å². The van der Waals surface area contributed by atoms with Crippen LogP contribution in [0.5, 0.6) is 0 Å². The van der Waals surface area contributed by atoms with Gasteiger partial charge in [0.1, 0.15) is 0 Å². The second kappa shape index (κ2) is 10.5. The number of methoxy groups -OCH3 is 1. The molecule has 0 aromatic heterocycles. The summed E-state index contributed by atoms with van der Waals surface area (Å²) in [4.78, 5) is 41.3. The fraction of sp³-hybridized carbons (Fsp3) is 0.400. The lowest BCUT2D eigenvalue weighted by Crippen LogP contribution is -2.36. The van der Waals surface area contributed by atoms with E-state index in [-0.39, 0.29) is 23.4 Å². The smallest absolute Gasteiger partial charge is 0.336 e. The van der Waals surface area contributed by atoms with E-state index in [1.165, 1.54) is 25.3 Å². The largest absolute Gasteiger partial charge is 0.466 e. The fourth-order valence-electron chi connectivity index (χ4n) is 3.24. The van der Waals surface area contributed by atoms with Gasteiger partial charge in [0.25, 0.3) is 11.6 Å². The molecular formula is C20H25N3O7. The number of hydroxylamine groups is 1. The first-order valence-electron chi connectivity index (χ1n) is 9.32. The first kappa shape index (κ1) is 23.0. The van der Waals surface area contributed by atoms with Crippen molar-refractivity contribution in [2.75, 3.05) is 26.9 Å². The lowest BCUT2D eigenvalue weighted by Gasteiger charge is -2.30. The molecule has 30 heavy (non-hydrogen) atoms. The first-order valence-corrected chi connectivity index (χ1v) is 9.32. The Morgan fingerprint density at radius 1 is 1.20 bits per heavy atom. The molecule has 1 aliphatic rings. The zero-order valence-electron chi connectivity index (χ0n) is 17.3. The second-order valence-corrected chi connectivity index (χ2v) is 6.46. The molecule has 10 nitrogen and oxygen atoms in total. The number of benzene rings is 1. The van der Waals surface area contributed by atoms with Gasteiger partial charge in [0, 0.05) is 30.1 Å². The summed E-state index contributed by atoms with van der Waals surface area (Å²) in [5.74, 6) is -2.11. The number of amides is 1. The molecule has 0 spiro atoms. The van der Waals surface area contributed by atoms with Crippen LogP contribution in [0.15, 0.2) is 46.8 Å². The maximum atomic E-state index is 12.9. The highest BCUT2D eigenvalue weighted by Gasteiger charge is 2.37. The number of esters is 1. The van der Waals surface area contributed by atoms with Crippen LogP contribution in [0.3, 0.4) is 0 Å². The summed E-state index contributed by atoms with van der Waals surface area (Å²) in [6.45, 7) is 6.15. The standard InChI is InChI=1S/C20H25N3O7/c1-5-29-9-10-30-22-19(24)16-12(2)21-13(3)17(20(25)28-4)18(16)14-7-6-8-15(11-14)23(26)27/h6-8,11,18,21H,5,9-10H2,1-4H3,(H,22,24). The topological polar surface area (TPSA) is 129 Å². The number of dihydropyridines is 1.